The number of rotatable bonds is 6. The molecule has 148 valence electrons. The summed E-state index contributed by atoms with van der Waals surface area (Å²) >= 11 is 0. The number of ether oxygens (including phenoxy) is 1. The van der Waals surface area contributed by atoms with Gasteiger partial charge in [0.05, 0.1) is 12.2 Å². The van der Waals surface area contributed by atoms with Crippen molar-refractivity contribution >= 4 is 17.8 Å². The average molecular weight is 388 g/mol. The lowest BCUT2D eigenvalue weighted by molar-refractivity contribution is -0.153. The van der Waals surface area contributed by atoms with Crippen LogP contribution in [-0.4, -0.2) is 42.4 Å². The monoisotopic (exact) mass is 388 g/mol. The van der Waals surface area contributed by atoms with Gasteiger partial charge in [-0.15, -0.1) is 0 Å². The Balaban J connectivity index is 1.38. The van der Waals surface area contributed by atoms with Gasteiger partial charge in [-0.25, -0.2) is 4.39 Å². The third-order valence-corrected chi connectivity index (χ3v) is 4.63. The van der Waals surface area contributed by atoms with Gasteiger partial charge in [-0.05, 0) is 31.0 Å². The Morgan fingerprint density at radius 2 is 1.89 bits per heavy atom. The van der Waals surface area contributed by atoms with Crippen LogP contribution in [0.3, 0.4) is 0 Å². The molecule has 0 atom stereocenters. The second kappa shape index (κ2) is 9.16. The van der Waals surface area contributed by atoms with Gasteiger partial charge in [0.2, 0.25) is 0 Å². The molecule has 0 bridgehead atoms. The Labute approximate surface area is 161 Å². The van der Waals surface area contributed by atoms with Crippen LogP contribution in [-0.2, 0) is 20.9 Å². The highest BCUT2D eigenvalue weighted by Crippen LogP contribution is 2.20. The minimum Gasteiger partial charge on any atom is -0.459 e. The zero-order valence-electron chi connectivity index (χ0n) is 15.2. The topological polar surface area (TPSA) is 88.9 Å². The van der Waals surface area contributed by atoms with Gasteiger partial charge in [0.15, 0.2) is 12.4 Å². The molecule has 8 heteroatoms. The van der Waals surface area contributed by atoms with Crippen LogP contribution < -0.4 is 5.32 Å². The van der Waals surface area contributed by atoms with Crippen molar-refractivity contribution in [1.82, 2.24) is 10.2 Å². The number of hydrogen-bond donors (Lipinski definition) is 1. The lowest BCUT2D eigenvalue weighted by Gasteiger charge is -2.30. The minimum atomic E-state index is -0.498. The minimum absolute atomic E-state index is 0.0241. The Bertz CT molecular complexity index is 829. The maximum absolute atomic E-state index is 13.5. The SMILES string of the molecule is O=C(COC(=O)C1CCN(C(=O)c2ccco2)CC1)NCc1ccccc1F. The molecule has 1 N–H and O–H groups in total. The first-order valence-electron chi connectivity index (χ1n) is 9.04. The van der Waals surface area contributed by atoms with Crippen LogP contribution in [0.5, 0.6) is 0 Å². The summed E-state index contributed by atoms with van der Waals surface area (Å²) in [5.41, 5.74) is 0.357. The van der Waals surface area contributed by atoms with E-state index in [0.29, 0.717) is 31.5 Å². The number of esters is 1. The van der Waals surface area contributed by atoms with Crippen LogP contribution in [0.2, 0.25) is 0 Å². The van der Waals surface area contributed by atoms with Gasteiger partial charge < -0.3 is 19.4 Å². The molecule has 1 aliphatic heterocycles. The molecule has 0 saturated carbocycles. The molecular formula is C20H21FN2O5. The number of piperidine rings is 1. The molecule has 1 fully saturated rings. The first-order chi connectivity index (χ1) is 13.5. The van der Waals surface area contributed by atoms with Crippen molar-refractivity contribution in [2.75, 3.05) is 19.7 Å². The summed E-state index contributed by atoms with van der Waals surface area (Å²) in [7, 11) is 0. The predicted molar refractivity (Wildman–Crippen MR) is 96.5 cm³/mol. The zero-order valence-corrected chi connectivity index (χ0v) is 15.2. The molecule has 0 radical (unpaired) electrons. The van der Waals surface area contributed by atoms with E-state index in [1.807, 2.05) is 0 Å². The lowest BCUT2D eigenvalue weighted by Crippen LogP contribution is -2.41. The van der Waals surface area contributed by atoms with Crippen molar-refractivity contribution in [2.45, 2.75) is 19.4 Å². The largest absolute Gasteiger partial charge is 0.459 e. The number of amides is 2. The third kappa shape index (κ3) is 4.97. The molecule has 0 aliphatic carbocycles. The Morgan fingerprint density at radius 1 is 1.14 bits per heavy atom. The normalized spacial score (nSPS) is 14.5. The highest BCUT2D eigenvalue weighted by Gasteiger charge is 2.29. The summed E-state index contributed by atoms with van der Waals surface area (Å²) in [6, 6.07) is 9.37. The molecule has 2 aromatic rings. The van der Waals surface area contributed by atoms with Crippen molar-refractivity contribution in [1.29, 1.82) is 0 Å². The third-order valence-electron chi connectivity index (χ3n) is 4.63. The lowest BCUT2D eigenvalue weighted by atomic mass is 9.97. The van der Waals surface area contributed by atoms with Gasteiger partial charge in [-0.1, -0.05) is 18.2 Å². The zero-order chi connectivity index (χ0) is 19.9. The van der Waals surface area contributed by atoms with E-state index in [4.69, 9.17) is 9.15 Å². The van der Waals surface area contributed by atoms with Gasteiger partial charge in [0.1, 0.15) is 5.82 Å². The number of likely N-dealkylation sites (tertiary alicyclic amines) is 1. The molecule has 1 aromatic heterocycles. The maximum Gasteiger partial charge on any atom is 0.309 e. The van der Waals surface area contributed by atoms with E-state index in [1.54, 1.807) is 35.2 Å². The van der Waals surface area contributed by atoms with Crippen molar-refractivity contribution in [3.05, 3.63) is 59.8 Å². The van der Waals surface area contributed by atoms with E-state index < -0.39 is 24.3 Å². The fraction of sp³-hybridized carbons (Fsp3) is 0.350. The number of carbonyl (C=O) groups excluding carboxylic acids is 3. The number of furan rings is 1. The molecular weight excluding hydrogens is 367 g/mol. The van der Waals surface area contributed by atoms with Gasteiger partial charge >= 0.3 is 5.97 Å². The molecule has 1 aliphatic rings. The average Bonchev–Trinajstić information content (AvgIpc) is 3.26. The molecule has 7 nitrogen and oxygen atoms in total. The Hall–Kier alpha value is -3.16. The van der Waals surface area contributed by atoms with Crippen molar-refractivity contribution < 1.29 is 27.9 Å². The van der Waals surface area contributed by atoms with Gasteiger partial charge in [-0.2, -0.15) is 0 Å². The van der Waals surface area contributed by atoms with Crippen LogP contribution in [0, 0.1) is 11.7 Å². The van der Waals surface area contributed by atoms with Crippen molar-refractivity contribution in [3.8, 4) is 0 Å². The highest BCUT2D eigenvalue weighted by molar-refractivity contribution is 5.91. The summed E-state index contributed by atoms with van der Waals surface area (Å²) in [6.45, 7) is 0.437. The Kier molecular flexibility index (Phi) is 6.41. The van der Waals surface area contributed by atoms with Gasteiger partial charge in [0.25, 0.3) is 11.8 Å². The number of nitrogens with zero attached hydrogens (tertiary/aromatic N) is 1. The fourth-order valence-electron chi connectivity index (χ4n) is 3.02. The molecule has 1 aromatic carbocycles. The van der Waals surface area contributed by atoms with Crippen LogP contribution in [0.4, 0.5) is 4.39 Å². The maximum atomic E-state index is 13.5. The number of carbonyl (C=O) groups is 3. The first-order valence-corrected chi connectivity index (χ1v) is 9.04. The summed E-state index contributed by atoms with van der Waals surface area (Å²) in [4.78, 5) is 37.8. The van der Waals surface area contributed by atoms with Crippen LogP contribution in [0.1, 0.15) is 29.0 Å². The second-order valence-electron chi connectivity index (χ2n) is 6.52. The van der Waals surface area contributed by atoms with E-state index in [-0.39, 0.29) is 24.1 Å². The van der Waals surface area contributed by atoms with E-state index in [1.165, 1.54) is 12.3 Å². The molecule has 0 unspecified atom stereocenters. The molecule has 28 heavy (non-hydrogen) atoms. The highest BCUT2D eigenvalue weighted by atomic mass is 19.1. The summed E-state index contributed by atoms with van der Waals surface area (Å²) in [5, 5.41) is 2.52. The van der Waals surface area contributed by atoms with Crippen LogP contribution in [0.15, 0.2) is 47.1 Å². The first kappa shape index (κ1) is 19.6. The van der Waals surface area contributed by atoms with E-state index in [2.05, 4.69) is 5.32 Å². The smallest absolute Gasteiger partial charge is 0.309 e. The second-order valence-corrected chi connectivity index (χ2v) is 6.52. The van der Waals surface area contributed by atoms with Crippen LogP contribution >= 0.6 is 0 Å². The predicted octanol–water partition coefficient (Wildman–Crippen LogP) is 2.13. The van der Waals surface area contributed by atoms with Crippen LogP contribution in [0.25, 0.3) is 0 Å². The summed E-state index contributed by atoms with van der Waals surface area (Å²) in [6.07, 6.45) is 2.36. The number of nitrogens with one attached hydrogen (secondary N) is 1. The fourth-order valence-corrected chi connectivity index (χ4v) is 3.02. The van der Waals surface area contributed by atoms with E-state index in [9.17, 15) is 18.8 Å². The summed E-state index contributed by atoms with van der Waals surface area (Å²) < 4.78 is 23.7. The number of benzene rings is 1. The molecule has 1 saturated heterocycles. The van der Waals surface area contributed by atoms with Crippen molar-refractivity contribution in [3.63, 3.8) is 0 Å². The Morgan fingerprint density at radius 3 is 2.57 bits per heavy atom. The molecule has 0 spiro atoms. The van der Waals surface area contributed by atoms with E-state index >= 15 is 0 Å². The van der Waals surface area contributed by atoms with Gasteiger partial charge in [-0.3, -0.25) is 14.4 Å². The van der Waals surface area contributed by atoms with Gasteiger partial charge in [0, 0.05) is 25.2 Å². The summed E-state index contributed by atoms with van der Waals surface area (Å²) in [5.74, 6) is -1.67. The van der Waals surface area contributed by atoms with E-state index in [0.717, 1.165) is 0 Å². The number of halogens is 1. The number of hydrogen-bond acceptors (Lipinski definition) is 5. The standard InChI is InChI=1S/C20H21FN2O5/c21-16-5-2-1-4-15(16)12-22-18(24)13-28-20(26)14-7-9-23(10-8-14)19(25)17-6-3-11-27-17/h1-6,11,14H,7-10,12-13H2,(H,22,24). The molecule has 2 amide bonds. The molecule has 3 rings (SSSR count). The quantitative estimate of drug-likeness (QED) is 0.766. The molecule has 2 heterocycles. The van der Waals surface area contributed by atoms with Crippen molar-refractivity contribution in [2.24, 2.45) is 5.92 Å².